The van der Waals surface area contributed by atoms with Crippen LogP contribution >= 0.6 is 27.0 Å². The maximum Gasteiger partial charge on any atom is 0.318 e. The van der Waals surface area contributed by atoms with Gasteiger partial charge in [0.05, 0.1) is 83.9 Å². The van der Waals surface area contributed by atoms with Crippen LogP contribution in [0.1, 0.15) is 85.0 Å². The summed E-state index contributed by atoms with van der Waals surface area (Å²) in [5.41, 5.74) is 11.2. The lowest BCUT2D eigenvalue weighted by Gasteiger charge is -2.42. The zero-order valence-electron chi connectivity index (χ0n) is 46.8. The maximum absolute atomic E-state index is 12.5. The molecule has 0 spiro atoms. The summed E-state index contributed by atoms with van der Waals surface area (Å²) in [7, 11) is 4.30. The molecular weight excluding hydrogens is 1050 g/mol. The predicted molar refractivity (Wildman–Crippen MR) is 322 cm³/mol. The van der Waals surface area contributed by atoms with Crippen molar-refractivity contribution in [3.63, 3.8) is 0 Å². The number of rotatable bonds is 13. The maximum atomic E-state index is 12.5. The van der Waals surface area contributed by atoms with Crippen LogP contribution in [0.3, 0.4) is 0 Å². The monoisotopic (exact) mass is 1120 g/mol. The zero-order chi connectivity index (χ0) is 53.9. The number of piperidine rings is 1. The number of nitrogens with one attached hydrogen (secondary N) is 2. The molecule has 0 aliphatic carbocycles. The summed E-state index contributed by atoms with van der Waals surface area (Å²) < 4.78 is 12.6. The molecule has 2 unspecified atom stereocenters. The van der Waals surface area contributed by atoms with E-state index in [1.165, 1.54) is 47.0 Å². The molecule has 0 saturated carbocycles. The Balaban J connectivity index is 0.000000190. The number of hydrogen-bond donors (Lipinski definition) is 2. The van der Waals surface area contributed by atoms with Crippen LogP contribution in [-0.2, 0) is 30.7 Å². The number of fused-ring (bicyclic) bond motifs is 4. The number of H-pyrrole nitrogens is 2. The molecule has 4 atom stereocenters. The zero-order valence-corrected chi connectivity index (χ0v) is 48.8. The Hall–Kier alpha value is -6.85. The Morgan fingerprint density at radius 3 is 1.65 bits per heavy atom. The highest BCUT2D eigenvalue weighted by atomic mass is 32.1. The van der Waals surface area contributed by atoms with E-state index >= 15 is 0 Å². The molecular formula is C58H77N17O3S2. The van der Waals surface area contributed by atoms with Gasteiger partial charge in [-0.25, -0.2) is 0 Å². The average Bonchev–Trinajstić information content (AvgIpc) is 4.35. The van der Waals surface area contributed by atoms with Gasteiger partial charge in [-0.15, -0.1) is 0 Å². The number of ether oxygens (including phenoxy) is 2. The number of hydrogen-bond acceptors (Lipinski definition) is 17. The van der Waals surface area contributed by atoms with Crippen LogP contribution in [0.2, 0.25) is 0 Å². The molecule has 22 heteroatoms. The molecule has 2 N–H and O–H groups in total. The van der Waals surface area contributed by atoms with Crippen LogP contribution in [0.25, 0.3) is 21.8 Å². The molecule has 10 heterocycles. The number of nitrogens with zero attached hydrogens (tertiary/aromatic N) is 15. The number of aromatic amines is 2. The number of amides is 1. The number of carbonyl (C=O) groups excluding carboxylic acids is 1. The van der Waals surface area contributed by atoms with Crippen LogP contribution in [0.15, 0.2) is 49.3 Å². The van der Waals surface area contributed by atoms with Gasteiger partial charge in [0, 0.05) is 86.2 Å². The third-order valence-electron chi connectivity index (χ3n) is 17.2. The van der Waals surface area contributed by atoms with Crippen LogP contribution < -0.4 is 29.1 Å². The summed E-state index contributed by atoms with van der Waals surface area (Å²) in [5, 5.41) is 35.8. The fourth-order valence-corrected chi connectivity index (χ4v) is 12.9. The highest BCUT2D eigenvalue weighted by Crippen LogP contribution is 2.39. The summed E-state index contributed by atoms with van der Waals surface area (Å²) in [4.78, 5) is 48.3. The summed E-state index contributed by atoms with van der Waals surface area (Å²) in [6.07, 6.45) is 14.5. The van der Waals surface area contributed by atoms with Crippen LogP contribution in [-0.4, -0.2) is 165 Å². The lowest BCUT2D eigenvalue weighted by atomic mass is 9.94. The van der Waals surface area contributed by atoms with Crippen LogP contribution in [0.5, 0.6) is 12.0 Å². The van der Waals surface area contributed by atoms with Crippen molar-refractivity contribution in [1.82, 2.24) is 55.0 Å². The molecule has 1 amide bonds. The van der Waals surface area contributed by atoms with E-state index in [0.717, 1.165) is 128 Å². The highest BCUT2D eigenvalue weighted by molar-refractivity contribution is 7.59. The summed E-state index contributed by atoms with van der Waals surface area (Å²) in [6.45, 7) is 17.9. The normalized spacial score (nSPS) is 21.1. The van der Waals surface area contributed by atoms with E-state index in [0.29, 0.717) is 82.4 Å². The van der Waals surface area contributed by atoms with Crippen molar-refractivity contribution < 1.29 is 14.3 Å². The number of carbonyl (C=O) groups is 1. The Kier molecular flexibility index (Phi) is 18.6. The van der Waals surface area contributed by atoms with Crippen molar-refractivity contribution in [2.75, 3.05) is 106 Å². The minimum Gasteiger partial charge on any atom is -0.462 e. The Morgan fingerprint density at radius 1 is 0.650 bits per heavy atom. The quantitative estimate of drug-likeness (QED) is 0.113. The van der Waals surface area contributed by atoms with Crippen LogP contribution in [0.4, 0.5) is 23.0 Å². The van der Waals surface area contributed by atoms with Gasteiger partial charge in [-0.05, 0) is 128 Å². The fraction of sp³-hybridized carbons (Fsp3) is 0.534. The van der Waals surface area contributed by atoms with Crippen molar-refractivity contribution in [2.24, 2.45) is 5.92 Å². The first kappa shape index (κ1) is 57.8. The first-order valence-corrected chi connectivity index (χ1v) is 28.0. The molecule has 4 saturated heterocycles. The number of benzene rings is 2. The molecule has 4 aromatic heterocycles. The van der Waals surface area contributed by atoms with E-state index in [4.69, 9.17) is 29.4 Å². The van der Waals surface area contributed by atoms with Gasteiger partial charge >= 0.3 is 12.0 Å². The SMILES string of the molecule is C=CC(=O)N1CCN(c2nc(OC[C@@H]3CCCN3C)nc3c2CCN(c2c(C)ccc4[nH]ncc24)C3)CC1CC#N.Cc1ccc2[nH]ncc2c1N1CCc2c(nc(OC[C@@H]3CCCN3C)nc2N2CCCC(CC#N)C2)C1.S.S. The highest BCUT2D eigenvalue weighted by Gasteiger charge is 2.35. The summed E-state index contributed by atoms with van der Waals surface area (Å²) >= 11 is 0. The Bertz CT molecular complexity index is 3250. The van der Waals surface area contributed by atoms with E-state index in [1.54, 1.807) is 4.90 Å². The second-order valence-corrected chi connectivity index (χ2v) is 22.2. The van der Waals surface area contributed by atoms with E-state index in [2.05, 4.69) is 121 Å². The lowest BCUT2D eigenvalue weighted by molar-refractivity contribution is -0.128. The van der Waals surface area contributed by atoms with Gasteiger partial charge in [0.15, 0.2) is 0 Å². The molecule has 6 aliphatic rings. The van der Waals surface area contributed by atoms with Crippen molar-refractivity contribution in [3.05, 3.63) is 83.0 Å². The smallest absolute Gasteiger partial charge is 0.318 e. The van der Waals surface area contributed by atoms with Gasteiger partial charge in [-0.3, -0.25) is 15.0 Å². The minimum atomic E-state index is -0.234. The van der Waals surface area contributed by atoms with E-state index in [9.17, 15) is 15.3 Å². The van der Waals surface area contributed by atoms with E-state index in [-0.39, 0.29) is 45.4 Å². The number of aryl methyl sites for hydroxylation is 2. The third kappa shape index (κ3) is 12.1. The third-order valence-corrected chi connectivity index (χ3v) is 17.2. The standard InChI is InChI=1S/C30H37N9O2.C28H36N8O.2H2S/c1-4-27(40)39-15-14-38(17-21(39)9-11-31)29-23-10-13-37(28-20(2)7-8-25-24(28)16-32-35-25)18-26(23)33-30(34-29)41-19-22-6-5-12-36(22)3;1-19-7-8-24-23(15-30-33-24)26(19)35-14-10-22-25(17-35)31-28(37-18-21-6-4-12-34(21)2)32-27(22)36-13-3-5-20(16-36)9-11-29;;/h4,7-8,16,21-22H,1,5-6,9-10,12-15,17-19H2,2-3H3,(H,32,35);7-8,15,20-21H,3-6,9-10,12-14,16-18H2,1-2H3,(H,30,33);2*1H2/t21?,22-;20?,21-;;/m00../s1. The van der Waals surface area contributed by atoms with Gasteiger partial charge < -0.3 is 43.8 Å². The molecule has 424 valence electrons. The second-order valence-electron chi connectivity index (χ2n) is 22.2. The van der Waals surface area contributed by atoms with Crippen molar-refractivity contribution >= 4 is 77.7 Å². The number of likely N-dealkylation sites (N-methyl/N-ethyl adjacent to an activating group) is 2. The Morgan fingerprint density at radius 2 is 1.16 bits per heavy atom. The van der Waals surface area contributed by atoms with Gasteiger partial charge in [0.2, 0.25) is 5.91 Å². The molecule has 80 heavy (non-hydrogen) atoms. The first-order chi connectivity index (χ1) is 38.1. The van der Waals surface area contributed by atoms with Crippen molar-refractivity contribution in [3.8, 4) is 24.2 Å². The van der Waals surface area contributed by atoms with Crippen molar-refractivity contribution in [1.29, 1.82) is 10.5 Å². The number of anilines is 4. The minimum absolute atomic E-state index is 0. The molecule has 6 aromatic rings. The van der Waals surface area contributed by atoms with E-state index < -0.39 is 0 Å². The molecule has 2 aromatic carbocycles. The molecule has 0 radical (unpaired) electrons. The van der Waals surface area contributed by atoms with Gasteiger partial charge in [-0.2, -0.15) is 67.6 Å². The molecule has 6 aliphatic heterocycles. The average molecular weight is 1120 g/mol. The van der Waals surface area contributed by atoms with Gasteiger partial charge in [0.25, 0.3) is 0 Å². The summed E-state index contributed by atoms with van der Waals surface area (Å²) in [6, 6.07) is 14.5. The largest absolute Gasteiger partial charge is 0.462 e. The molecule has 20 nitrogen and oxygen atoms in total. The van der Waals surface area contributed by atoms with Crippen molar-refractivity contribution in [2.45, 2.75) is 109 Å². The topological polar surface area (TPSA) is 215 Å². The number of piperazine rings is 1. The molecule has 4 fully saturated rings. The number of nitriles is 2. The van der Waals surface area contributed by atoms with Gasteiger partial charge in [0.1, 0.15) is 24.8 Å². The first-order valence-electron chi connectivity index (χ1n) is 28.0. The lowest BCUT2D eigenvalue weighted by Crippen LogP contribution is -2.55. The van der Waals surface area contributed by atoms with Gasteiger partial charge in [-0.1, -0.05) is 18.7 Å². The fourth-order valence-electron chi connectivity index (χ4n) is 12.9. The molecule has 12 rings (SSSR count). The Labute approximate surface area is 483 Å². The second kappa shape index (κ2) is 25.7. The summed E-state index contributed by atoms with van der Waals surface area (Å²) in [5.74, 6) is 2.12. The number of likely N-dealkylation sites (tertiary alicyclic amines) is 2. The van der Waals surface area contributed by atoms with E-state index in [1.807, 2.05) is 12.4 Å². The van der Waals surface area contributed by atoms with Crippen LogP contribution in [0, 0.1) is 42.4 Å². The molecule has 0 bridgehead atoms. The predicted octanol–water partition coefficient (Wildman–Crippen LogP) is 6.87. The number of aromatic nitrogens is 8.